The first-order chi connectivity index (χ1) is 17.9. The first-order valence-corrected chi connectivity index (χ1v) is 12.4. The van der Waals surface area contributed by atoms with Crippen molar-refractivity contribution in [3.8, 4) is 0 Å². The Hall–Kier alpha value is -1.46. The van der Waals surface area contributed by atoms with Crippen LogP contribution >= 0.6 is 0 Å². The second kappa shape index (κ2) is 12.1. The highest BCUT2D eigenvalue weighted by Gasteiger charge is 2.96. The van der Waals surface area contributed by atoms with Gasteiger partial charge in [-0.3, -0.25) is 0 Å². The fraction of sp³-hybridized carbons (Fsp3) is 1.00. The van der Waals surface area contributed by atoms with Crippen LogP contribution in [0.25, 0.3) is 0 Å². The SMILES string of the molecule is CC[N+](CC)(CC)CC.O=S(=O)([O-])CC(F)(F)C(F)(F)C(F)(F)C(F)(F)C(F)(F)C(F)(F)C(F)(F)C(F)(F)C(F)(F)F. The normalized spacial score (nSPS) is 15.8. The van der Waals surface area contributed by atoms with E-state index >= 15 is 0 Å². The van der Waals surface area contributed by atoms with Crippen molar-refractivity contribution in [2.75, 3.05) is 31.9 Å². The van der Waals surface area contributed by atoms with Crippen molar-refractivity contribution in [3.05, 3.63) is 0 Å². The second-order valence-corrected chi connectivity index (χ2v) is 9.94. The highest BCUT2D eigenvalue weighted by molar-refractivity contribution is 7.85. The number of quaternary nitrogens is 1. The van der Waals surface area contributed by atoms with E-state index in [1.165, 1.54) is 30.7 Å². The number of nitrogens with zero attached hydrogens (tertiary/aromatic N) is 1. The lowest BCUT2D eigenvalue weighted by molar-refractivity contribution is -0.921. The Morgan fingerprint density at radius 2 is 0.667 bits per heavy atom. The smallest absolute Gasteiger partial charge is 0.460 e. The van der Waals surface area contributed by atoms with E-state index in [0.717, 1.165) is 0 Å². The third kappa shape index (κ3) is 6.93. The minimum Gasteiger partial charge on any atom is -0.748 e. The van der Waals surface area contributed by atoms with E-state index in [1.54, 1.807) is 0 Å². The summed E-state index contributed by atoms with van der Waals surface area (Å²) in [5, 5.41) is 0. The molecule has 0 fully saturated rings. The molecule has 0 saturated heterocycles. The molecule has 0 N–H and O–H groups in total. The van der Waals surface area contributed by atoms with Gasteiger partial charge in [-0.25, -0.2) is 8.42 Å². The summed E-state index contributed by atoms with van der Waals surface area (Å²) in [5.74, 6) is -73.0. The van der Waals surface area contributed by atoms with Crippen molar-refractivity contribution >= 4 is 10.1 Å². The van der Waals surface area contributed by atoms with Gasteiger partial charge in [-0.1, -0.05) is 0 Å². The van der Waals surface area contributed by atoms with Gasteiger partial charge >= 0.3 is 53.6 Å². The minimum atomic E-state index is -9.10. The molecule has 42 heavy (non-hydrogen) atoms. The zero-order chi connectivity index (χ0) is 35.0. The molecule has 0 aliphatic rings. The lowest BCUT2D eigenvalue weighted by atomic mass is 9.87. The Balaban J connectivity index is 0. The molecule has 256 valence electrons. The molecular formula is C18H22F19NO3S. The average molecular weight is 693 g/mol. The summed E-state index contributed by atoms with van der Waals surface area (Å²) in [7, 11) is -6.83. The molecule has 0 spiro atoms. The van der Waals surface area contributed by atoms with Crippen LogP contribution in [0.3, 0.4) is 0 Å². The fourth-order valence-corrected chi connectivity index (χ4v) is 3.67. The Morgan fingerprint density at radius 1 is 0.452 bits per heavy atom. The number of alkyl halides is 19. The van der Waals surface area contributed by atoms with E-state index in [1.807, 2.05) is 0 Å². The van der Waals surface area contributed by atoms with Gasteiger partial charge in [0, 0.05) is 0 Å². The predicted molar refractivity (Wildman–Crippen MR) is 103 cm³/mol. The molecule has 0 heterocycles. The van der Waals surface area contributed by atoms with Crippen LogP contribution in [0.2, 0.25) is 0 Å². The molecule has 0 unspecified atom stereocenters. The van der Waals surface area contributed by atoms with Gasteiger partial charge in [0.15, 0.2) is 0 Å². The molecule has 0 rings (SSSR count). The Bertz CT molecular complexity index is 986. The Morgan fingerprint density at radius 3 is 0.833 bits per heavy atom. The van der Waals surface area contributed by atoms with E-state index in [2.05, 4.69) is 27.7 Å². The van der Waals surface area contributed by atoms with Crippen molar-refractivity contribution in [1.82, 2.24) is 0 Å². The van der Waals surface area contributed by atoms with Crippen LogP contribution in [0.4, 0.5) is 83.4 Å². The Kier molecular flexibility index (Phi) is 12.3. The van der Waals surface area contributed by atoms with Crippen molar-refractivity contribution < 1.29 is 101 Å². The van der Waals surface area contributed by atoms with Crippen molar-refractivity contribution in [1.29, 1.82) is 0 Å². The summed E-state index contributed by atoms with van der Waals surface area (Å²) in [6.07, 6.45) is -7.98. The van der Waals surface area contributed by atoms with Crippen LogP contribution in [-0.2, 0) is 10.1 Å². The lowest BCUT2D eigenvalue weighted by Crippen LogP contribution is -2.76. The summed E-state index contributed by atoms with van der Waals surface area (Å²) in [6, 6.07) is 0. The summed E-state index contributed by atoms with van der Waals surface area (Å²) in [4.78, 5) is 0. The maximum Gasteiger partial charge on any atom is 0.460 e. The molecule has 0 atom stereocenters. The monoisotopic (exact) mass is 693 g/mol. The molecular weight excluding hydrogens is 671 g/mol. The first kappa shape index (κ1) is 42.7. The molecule has 0 aliphatic heterocycles. The number of halogens is 19. The van der Waals surface area contributed by atoms with Crippen molar-refractivity contribution in [3.63, 3.8) is 0 Å². The highest BCUT2D eigenvalue weighted by Crippen LogP contribution is 2.65. The van der Waals surface area contributed by atoms with Crippen LogP contribution in [0.5, 0.6) is 0 Å². The standard InChI is InChI=1S/C10H3F19O3S.C8H20N/c11-2(12,1-33(30,31)32)3(13,14)4(15,16)5(17,18)6(19,20)7(21,22)8(23,24)9(25,26)10(27,28)29;1-5-9(6-2,7-3)8-4/h1H2,(H,30,31,32);5-8H2,1-4H3/q;+1/p-1. The van der Waals surface area contributed by atoms with Gasteiger partial charge in [0.1, 0.15) is 15.9 Å². The van der Waals surface area contributed by atoms with Crippen LogP contribution in [0.15, 0.2) is 0 Å². The lowest BCUT2D eigenvalue weighted by Gasteiger charge is -2.43. The summed E-state index contributed by atoms with van der Waals surface area (Å²) in [5.41, 5.74) is 0. The van der Waals surface area contributed by atoms with Gasteiger partial charge in [0.2, 0.25) is 0 Å². The molecule has 0 amide bonds. The average Bonchev–Trinajstić information content (AvgIpc) is 2.78. The summed E-state index contributed by atoms with van der Waals surface area (Å²) in [6.45, 7) is 14.2. The summed E-state index contributed by atoms with van der Waals surface area (Å²) >= 11 is 0. The molecule has 4 nitrogen and oxygen atoms in total. The van der Waals surface area contributed by atoms with Gasteiger partial charge in [-0.15, -0.1) is 0 Å². The second-order valence-electron chi connectivity index (χ2n) is 8.53. The molecule has 0 saturated carbocycles. The third-order valence-electron chi connectivity index (χ3n) is 6.22. The zero-order valence-electron chi connectivity index (χ0n) is 21.3. The highest BCUT2D eigenvalue weighted by atomic mass is 32.2. The van der Waals surface area contributed by atoms with Crippen LogP contribution in [0.1, 0.15) is 27.7 Å². The number of hydrogen-bond acceptors (Lipinski definition) is 3. The number of hydrogen-bond donors (Lipinski definition) is 0. The van der Waals surface area contributed by atoms with E-state index in [9.17, 15) is 96.4 Å². The maximum absolute atomic E-state index is 13.3. The van der Waals surface area contributed by atoms with E-state index in [-0.39, 0.29) is 0 Å². The molecule has 0 bridgehead atoms. The van der Waals surface area contributed by atoms with Crippen molar-refractivity contribution in [2.45, 2.75) is 81.3 Å². The van der Waals surface area contributed by atoms with Crippen LogP contribution in [0, 0.1) is 0 Å². The predicted octanol–water partition coefficient (Wildman–Crippen LogP) is 7.06. The van der Waals surface area contributed by atoms with E-state index < -0.39 is 69.4 Å². The molecule has 0 radical (unpaired) electrons. The quantitative estimate of drug-likeness (QED) is 0.118. The fourth-order valence-electron chi connectivity index (χ4n) is 3.05. The number of rotatable bonds is 13. The third-order valence-corrected chi connectivity index (χ3v) is 6.94. The largest absolute Gasteiger partial charge is 0.748 e. The van der Waals surface area contributed by atoms with Gasteiger partial charge in [0.05, 0.1) is 26.2 Å². The zero-order valence-corrected chi connectivity index (χ0v) is 22.1. The minimum absolute atomic E-state index is 1.28. The molecule has 0 aromatic carbocycles. The van der Waals surface area contributed by atoms with Crippen LogP contribution in [-0.4, -0.2) is 103 Å². The van der Waals surface area contributed by atoms with Gasteiger partial charge in [0.25, 0.3) is 0 Å². The van der Waals surface area contributed by atoms with Gasteiger partial charge in [-0.2, -0.15) is 83.4 Å². The van der Waals surface area contributed by atoms with Crippen molar-refractivity contribution in [2.24, 2.45) is 0 Å². The first-order valence-electron chi connectivity index (χ1n) is 10.8. The van der Waals surface area contributed by atoms with E-state index in [4.69, 9.17) is 0 Å². The van der Waals surface area contributed by atoms with Gasteiger partial charge in [-0.05, 0) is 27.7 Å². The summed E-state index contributed by atoms with van der Waals surface area (Å²) < 4.78 is 276. The molecule has 0 aliphatic carbocycles. The molecule has 24 heteroatoms. The topological polar surface area (TPSA) is 57.2 Å². The van der Waals surface area contributed by atoms with E-state index in [0.29, 0.717) is 0 Å². The van der Waals surface area contributed by atoms with Crippen LogP contribution < -0.4 is 0 Å². The maximum atomic E-state index is 13.3. The molecule has 0 aromatic heterocycles. The van der Waals surface area contributed by atoms with Gasteiger partial charge < -0.3 is 9.04 Å². The molecule has 0 aromatic rings. The Labute approximate surface area is 225 Å².